The van der Waals surface area contributed by atoms with Gasteiger partial charge in [0, 0.05) is 22.1 Å². The number of fused-ring (bicyclic) bond motifs is 2. The monoisotopic (exact) mass is 577 g/mol. The first-order valence-electron chi connectivity index (χ1n) is 9.22. The average Bonchev–Trinajstić information content (AvgIpc) is 3.05. The Labute approximate surface area is 196 Å². The summed E-state index contributed by atoms with van der Waals surface area (Å²) in [6.07, 6.45) is 1.76. The van der Waals surface area contributed by atoms with Gasteiger partial charge in [-0.2, -0.15) is 8.42 Å². The van der Waals surface area contributed by atoms with Crippen molar-refractivity contribution >= 4 is 67.3 Å². The number of hydrogen-bond acceptors (Lipinski definition) is 10. The van der Waals surface area contributed by atoms with Crippen LogP contribution in [0.25, 0.3) is 11.2 Å². The zero-order chi connectivity index (χ0) is 22.2. The number of imidazole rings is 1. The van der Waals surface area contributed by atoms with Crippen molar-refractivity contribution in [3.8, 4) is 5.75 Å². The first-order valence-corrected chi connectivity index (χ1v) is 12.6. The number of nitrogen functional groups attached to an aromatic ring is 1. The number of nitrogens with two attached hydrogens (primary N) is 2. The van der Waals surface area contributed by atoms with Crippen LogP contribution >= 0.6 is 34.4 Å². The lowest BCUT2D eigenvalue weighted by Crippen LogP contribution is -2.28. The summed E-state index contributed by atoms with van der Waals surface area (Å²) >= 11 is 3.74. The van der Waals surface area contributed by atoms with E-state index in [1.165, 1.54) is 18.1 Å². The molecule has 14 heteroatoms. The number of aryl methyl sites for hydroxylation is 1. The van der Waals surface area contributed by atoms with Gasteiger partial charge in [-0.05, 0) is 41.1 Å². The number of anilines is 2. The molecule has 0 unspecified atom stereocenters. The van der Waals surface area contributed by atoms with Crippen LogP contribution in [-0.2, 0) is 21.0 Å². The number of ether oxygens (including phenoxy) is 1. The van der Waals surface area contributed by atoms with Gasteiger partial charge >= 0.3 is 10.3 Å². The predicted molar refractivity (Wildman–Crippen MR) is 125 cm³/mol. The molecule has 1 aliphatic heterocycles. The molecular formula is C17H20IN7O4S2. The van der Waals surface area contributed by atoms with Crippen LogP contribution in [0, 0.1) is 3.57 Å². The average molecular weight is 577 g/mol. The fourth-order valence-corrected chi connectivity index (χ4v) is 5.21. The zero-order valence-corrected chi connectivity index (χ0v) is 20.3. The maximum atomic E-state index is 11.0. The standard InChI is InChI=1S/C17H20IN7O4S2/c1-24-4-6-28-12-8-13(10(18)7-11(12)24)30-17-23-14-15(19)21-9-22-16(14)25(17)3-2-5-29-31(20,26)27/h7-9H,2-6H2,1H3,(H2,19,21,22)(H2,20,26,27). The number of aromatic nitrogens is 4. The minimum atomic E-state index is -3.99. The molecule has 4 N–H and O–H groups in total. The van der Waals surface area contributed by atoms with E-state index in [0.29, 0.717) is 35.9 Å². The molecule has 11 nitrogen and oxygen atoms in total. The van der Waals surface area contributed by atoms with Crippen molar-refractivity contribution in [3.05, 3.63) is 22.0 Å². The summed E-state index contributed by atoms with van der Waals surface area (Å²) in [5, 5.41) is 5.55. The van der Waals surface area contributed by atoms with E-state index in [2.05, 4.69) is 52.7 Å². The third-order valence-corrected chi connectivity index (χ3v) is 7.41. The quantitative estimate of drug-likeness (QED) is 0.313. The molecule has 4 rings (SSSR count). The normalized spacial score (nSPS) is 14.0. The van der Waals surface area contributed by atoms with Crippen molar-refractivity contribution in [3.63, 3.8) is 0 Å². The van der Waals surface area contributed by atoms with Crippen LogP contribution < -0.4 is 20.5 Å². The third kappa shape index (κ3) is 4.97. The van der Waals surface area contributed by atoms with Gasteiger partial charge in [-0.25, -0.2) is 20.1 Å². The molecule has 0 amide bonds. The lowest BCUT2D eigenvalue weighted by Gasteiger charge is -2.28. The van der Waals surface area contributed by atoms with Gasteiger partial charge in [0.05, 0.1) is 18.8 Å². The number of halogens is 1. The molecule has 3 aromatic rings. The molecule has 0 saturated carbocycles. The largest absolute Gasteiger partial charge is 0.490 e. The van der Waals surface area contributed by atoms with E-state index in [0.717, 1.165) is 26.4 Å². The highest BCUT2D eigenvalue weighted by Crippen LogP contribution is 2.41. The Morgan fingerprint density at radius 1 is 1.35 bits per heavy atom. The van der Waals surface area contributed by atoms with Crippen molar-refractivity contribution in [1.82, 2.24) is 19.5 Å². The number of hydrogen-bond donors (Lipinski definition) is 2. The molecule has 0 aliphatic carbocycles. The van der Waals surface area contributed by atoms with Crippen LogP contribution in [0.15, 0.2) is 28.5 Å². The van der Waals surface area contributed by atoms with E-state index in [4.69, 9.17) is 15.6 Å². The molecule has 1 aromatic carbocycles. The molecule has 3 heterocycles. The van der Waals surface area contributed by atoms with E-state index >= 15 is 0 Å². The Kier molecular flexibility index (Phi) is 6.43. The van der Waals surface area contributed by atoms with Crippen molar-refractivity contribution in [2.45, 2.75) is 23.0 Å². The molecule has 1 aliphatic rings. The Morgan fingerprint density at radius 3 is 2.94 bits per heavy atom. The minimum absolute atomic E-state index is 0.0558. The second-order valence-electron chi connectivity index (χ2n) is 6.77. The van der Waals surface area contributed by atoms with Crippen molar-refractivity contribution in [2.24, 2.45) is 5.14 Å². The third-order valence-electron chi connectivity index (χ3n) is 4.61. The minimum Gasteiger partial charge on any atom is -0.490 e. The number of benzene rings is 1. The maximum Gasteiger partial charge on any atom is 0.333 e. The highest BCUT2D eigenvalue weighted by Gasteiger charge is 2.21. The SMILES string of the molecule is CN1CCOc2cc(Sc3nc4c(N)ncnc4n3CCCOS(N)(=O)=O)c(I)cc21. The summed E-state index contributed by atoms with van der Waals surface area (Å²) in [6, 6.07) is 4.08. The fraction of sp³-hybridized carbons (Fsp3) is 0.353. The molecular weight excluding hydrogens is 557 g/mol. The summed E-state index contributed by atoms with van der Waals surface area (Å²) < 4.78 is 35.4. The van der Waals surface area contributed by atoms with Gasteiger partial charge in [0.1, 0.15) is 18.7 Å². The zero-order valence-electron chi connectivity index (χ0n) is 16.5. The summed E-state index contributed by atoms with van der Waals surface area (Å²) in [6.45, 7) is 1.82. The Balaban J connectivity index is 1.66. The van der Waals surface area contributed by atoms with Gasteiger partial charge in [-0.3, -0.25) is 4.18 Å². The van der Waals surface area contributed by atoms with E-state index < -0.39 is 10.3 Å². The lowest BCUT2D eigenvalue weighted by atomic mass is 10.2. The van der Waals surface area contributed by atoms with Crippen LogP contribution in [0.3, 0.4) is 0 Å². The van der Waals surface area contributed by atoms with Gasteiger partial charge in [0.15, 0.2) is 22.1 Å². The first-order chi connectivity index (χ1) is 14.7. The van der Waals surface area contributed by atoms with Crippen LogP contribution in [0.4, 0.5) is 11.5 Å². The lowest BCUT2D eigenvalue weighted by molar-refractivity contribution is 0.303. The van der Waals surface area contributed by atoms with Crippen LogP contribution in [0.2, 0.25) is 0 Å². The smallest absolute Gasteiger partial charge is 0.333 e. The van der Waals surface area contributed by atoms with Gasteiger partial charge in [-0.1, -0.05) is 11.8 Å². The van der Waals surface area contributed by atoms with Gasteiger partial charge in [-0.15, -0.1) is 0 Å². The summed E-state index contributed by atoms with van der Waals surface area (Å²) in [7, 11) is -1.95. The van der Waals surface area contributed by atoms with Gasteiger partial charge in [0.25, 0.3) is 0 Å². The Morgan fingerprint density at radius 2 is 2.16 bits per heavy atom. The molecule has 0 fully saturated rings. The first kappa shape index (κ1) is 22.3. The van der Waals surface area contributed by atoms with Crippen LogP contribution in [0.5, 0.6) is 5.75 Å². The summed E-state index contributed by atoms with van der Waals surface area (Å²) in [5.74, 6) is 1.09. The molecule has 0 spiro atoms. The van der Waals surface area contributed by atoms with E-state index in [9.17, 15) is 8.42 Å². The van der Waals surface area contributed by atoms with E-state index in [1.807, 2.05) is 17.7 Å². The Bertz CT molecular complexity index is 1230. The summed E-state index contributed by atoms with van der Waals surface area (Å²) in [5.41, 5.74) is 8.09. The molecule has 0 radical (unpaired) electrons. The van der Waals surface area contributed by atoms with E-state index in [1.54, 1.807) is 0 Å². The Hall–Kier alpha value is -1.88. The molecule has 166 valence electrons. The number of rotatable bonds is 7. The molecule has 31 heavy (non-hydrogen) atoms. The van der Waals surface area contributed by atoms with Crippen molar-refractivity contribution < 1.29 is 17.3 Å². The number of nitrogens with zero attached hydrogens (tertiary/aromatic N) is 5. The second kappa shape index (κ2) is 8.93. The van der Waals surface area contributed by atoms with Gasteiger partial charge < -0.3 is 19.9 Å². The van der Waals surface area contributed by atoms with Crippen molar-refractivity contribution in [2.75, 3.05) is 37.4 Å². The molecule has 2 aromatic heterocycles. The van der Waals surface area contributed by atoms with Gasteiger partial charge in [0.2, 0.25) is 0 Å². The topological polar surface area (TPSA) is 151 Å². The second-order valence-corrected chi connectivity index (χ2v) is 10.2. The van der Waals surface area contributed by atoms with Crippen LogP contribution in [0.1, 0.15) is 6.42 Å². The number of likely N-dealkylation sites (N-methyl/N-ethyl adjacent to an activating group) is 1. The molecule has 0 saturated heterocycles. The maximum absolute atomic E-state index is 11.0. The molecule has 0 atom stereocenters. The van der Waals surface area contributed by atoms with Crippen LogP contribution in [-0.4, -0.2) is 54.7 Å². The van der Waals surface area contributed by atoms with Crippen molar-refractivity contribution in [1.29, 1.82) is 0 Å². The highest BCUT2D eigenvalue weighted by molar-refractivity contribution is 14.1. The van der Waals surface area contributed by atoms with E-state index in [-0.39, 0.29) is 12.4 Å². The fourth-order valence-electron chi connectivity index (χ4n) is 3.14. The predicted octanol–water partition coefficient (Wildman–Crippen LogP) is 1.60. The summed E-state index contributed by atoms with van der Waals surface area (Å²) in [4.78, 5) is 16.1. The highest BCUT2D eigenvalue weighted by atomic mass is 127. The molecule has 0 bridgehead atoms.